The Morgan fingerprint density at radius 2 is 1.90 bits per heavy atom. The number of sulfonamides is 1. The van der Waals surface area contributed by atoms with E-state index in [0.717, 1.165) is 47.3 Å². The van der Waals surface area contributed by atoms with Crippen molar-refractivity contribution in [3.8, 4) is 0 Å². The van der Waals surface area contributed by atoms with E-state index in [2.05, 4.69) is 10.3 Å². The molecule has 1 aliphatic carbocycles. The summed E-state index contributed by atoms with van der Waals surface area (Å²) in [5.41, 5.74) is 1.24. The van der Waals surface area contributed by atoms with Gasteiger partial charge in [-0.05, 0) is 43.2 Å². The summed E-state index contributed by atoms with van der Waals surface area (Å²) < 4.78 is 28.7. The van der Waals surface area contributed by atoms with Gasteiger partial charge in [0.25, 0.3) is 5.91 Å². The molecule has 4 rings (SSSR count). The Labute approximate surface area is 181 Å². The van der Waals surface area contributed by atoms with Crippen LogP contribution in [0.4, 0.5) is 0 Å². The number of carbonyl (C=O) groups is 1. The minimum Gasteiger partial charge on any atom is -0.346 e. The highest BCUT2D eigenvalue weighted by molar-refractivity contribution is 7.89. The van der Waals surface area contributed by atoms with Crippen LogP contribution in [0.5, 0.6) is 0 Å². The summed E-state index contributed by atoms with van der Waals surface area (Å²) in [4.78, 5) is 17.3. The van der Waals surface area contributed by atoms with Gasteiger partial charge in [-0.3, -0.25) is 4.79 Å². The normalized spacial score (nSPS) is 15.5. The third kappa shape index (κ3) is 4.40. The Balaban J connectivity index is 1.47. The van der Waals surface area contributed by atoms with E-state index in [0.29, 0.717) is 12.1 Å². The summed E-state index contributed by atoms with van der Waals surface area (Å²) in [6.45, 7) is 0.303. The average Bonchev–Trinajstić information content (AvgIpc) is 3.20. The molecule has 8 heteroatoms. The Hall–Kier alpha value is -2.29. The minimum atomic E-state index is -3.64. The maximum Gasteiger partial charge on any atom is 0.251 e. The zero-order valence-electron chi connectivity index (χ0n) is 16.9. The van der Waals surface area contributed by atoms with E-state index in [4.69, 9.17) is 0 Å². The fourth-order valence-electron chi connectivity index (χ4n) is 3.86. The monoisotopic (exact) mass is 443 g/mol. The van der Waals surface area contributed by atoms with Crippen molar-refractivity contribution in [2.75, 3.05) is 7.05 Å². The summed E-state index contributed by atoms with van der Waals surface area (Å²) in [7, 11) is -1.99. The van der Waals surface area contributed by atoms with Crippen LogP contribution in [-0.2, 0) is 16.6 Å². The molecule has 0 saturated heterocycles. The Morgan fingerprint density at radius 3 is 2.67 bits per heavy atom. The molecule has 30 heavy (non-hydrogen) atoms. The molecule has 0 radical (unpaired) electrons. The van der Waals surface area contributed by atoms with Crippen LogP contribution in [0, 0.1) is 0 Å². The quantitative estimate of drug-likeness (QED) is 0.620. The molecule has 3 aromatic rings. The fraction of sp³-hybridized carbons (Fsp3) is 0.364. The fourth-order valence-corrected chi connectivity index (χ4v) is 6.23. The van der Waals surface area contributed by atoms with Gasteiger partial charge >= 0.3 is 0 Å². The topological polar surface area (TPSA) is 79.4 Å². The number of hydrogen-bond donors (Lipinski definition) is 1. The zero-order valence-corrected chi connectivity index (χ0v) is 18.5. The van der Waals surface area contributed by atoms with Crippen molar-refractivity contribution >= 4 is 37.5 Å². The van der Waals surface area contributed by atoms with Crippen LogP contribution in [0.1, 0.15) is 47.5 Å². The van der Waals surface area contributed by atoms with Gasteiger partial charge in [0, 0.05) is 18.7 Å². The van der Waals surface area contributed by atoms with Crippen LogP contribution in [0.25, 0.3) is 10.2 Å². The van der Waals surface area contributed by atoms with Gasteiger partial charge in [0.15, 0.2) is 0 Å². The van der Waals surface area contributed by atoms with Crippen molar-refractivity contribution in [3.05, 3.63) is 59.1 Å². The van der Waals surface area contributed by atoms with E-state index in [9.17, 15) is 13.2 Å². The summed E-state index contributed by atoms with van der Waals surface area (Å²) in [5, 5.41) is 3.66. The number of fused-ring (bicyclic) bond motifs is 1. The number of carbonyl (C=O) groups excluding carboxylic acids is 1. The van der Waals surface area contributed by atoms with Crippen LogP contribution in [0.15, 0.2) is 53.4 Å². The third-order valence-electron chi connectivity index (χ3n) is 5.60. The van der Waals surface area contributed by atoms with Gasteiger partial charge < -0.3 is 5.32 Å². The lowest BCUT2D eigenvalue weighted by Gasteiger charge is -2.30. The van der Waals surface area contributed by atoms with Crippen molar-refractivity contribution in [1.82, 2.24) is 14.6 Å². The molecule has 0 unspecified atom stereocenters. The maximum atomic E-state index is 13.1. The van der Waals surface area contributed by atoms with Gasteiger partial charge in [0.1, 0.15) is 5.01 Å². The first-order valence-electron chi connectivity index (χ1n) is 10.2. The molecule has 158 valence electrons. The lowest BCUT2D eigenvalue weighted by molar-refractivity contribution is 0.0950. The number of hydrogen-bond acceptors (Lipinski definition) is 5. The van der Waals surface area contributed by atoms with Crippen LogP contribution in [0.3, 0.4) is 0 Å². The summed E-state index contributed by atoms with van der Waals surface area (Å²) in [6.07, 6.45) is 5.04. The molecule has 0 aliphatic heterocycles. The molecule has 1 saturated carbocycles. The maximum absolute atomic E-state index is 13.1. The van der Waals surface area contributed by atoms with Crippen LogP contribution >= 0.6 is 11.3 Å². The van der Waals surface area contributed by atoms with Crippen molar-refractivity contribution in [2.45, 2.75) is 49.6 Å². The summed E-state index contributed by atoms with van der Waals surface area (Å²) in [5.74, 6) is -0.313. The first kappa shape index (κ1) is 21.0. The van der Waals surface area contributed by atoms with Gasteiger partial charge in [-0.15, -0.1) is 11.3 Å². The van der Waals surface area contributed by atoms with E-state index >= 15 is 0 Å². The largest absolute Gasteiger partial charge is 0.346 e. The second kappa shape index (κ2) is 8.83. The third-order valence-corrected chi connectivity index (χ3v) is 8.54. The Kier molecular flexibility index (Phi) is 6.17. The highest BCUT2D eigenvalue weighted by Crippen LogP contribution is 2.27. The number of amides is 1. The zero-order chi connectivity index (χ0) is 21.1. The number of rotatable bonds is 6. The number of nitrogens with one attached hydrogen (secondary N) is 1. The predicted octanol–water partition coefficient (Wildman–Crippen LogP) is 4.18. The summed E-state index contributed by atoms with van der Waals surface area (Å²) >= 11 is 1.53. The van der Waals surface area contributed by atoms with Gasteiger partial charge in [0.2, 0.25) is 10.0 Å². The van der Waals surface area contributed by atoms with Crippen LogP contribution in [-0.4, -0.2) is 36.7 Å². The predicted molar refractivity (Wildman–Crippen MR) is 119 cm³/mol. The van der Waals surface area contributed by atoms with E-state index in [1.807, 2.05) is 24.3 Å². The van der Waals surface area contributed by atoms with Crippen molar-refractivity contribution in [1.29, 1.82) is 0 Å². The highest BCUT2D eigenvalue weighted by atomic mass is 32.2. The first-order valence-corrected chi connectivity index (χ1v) is 12.4. The number of nitrogens with zero attached hydrogens (tertiary/aromatic N) is 2. The molecule has 0 atom stereocenters. The van der Waals surface area contributed by atoms with E-state index < -0.39 is 10.0 Å². The standard InChI is InChI=1S/C22H25N3O3S2/c1-25(17-9-3-2-4-10-17)30(27,28)18-11-7-8-16(14-18)22(26)23-15-21-24-19-12-5-6-13-20(19)29-21/h5-8,11-14,17H,2-4,9-10,15H2,1H3,(H,23,26). The van der Waals surface area contributed by atoms with Crippen LogP contribution < -0.4 is 5.32 Å². The Morgan fingerprint density at radius 1 is 1.13 bits per heavy atom. The van der Waals surface area contributed by atoms with Crippen molar-refractivity contribution in [2.24, 2.45) is 0 Å². The molecule has 6 nitrogen and oxygen atoms in total. The van der Waals surface area contributed by atoms with Gasteiger partial charge in [0.05, 0.1) is 21.7 Å². The molecule has 1 heterocycles. The second-order valence-corrected chi connectivity index (χ2v) is 10.7. The molecule has 2 aromatic carbocycles. The lowest BCUT2D eigenvalue weighted by atomic mass is 9.96. The number of aromatic nitrogens is 1. The number of thiazole rings is 1. The molecule has 1 N–H and O–H groups in total. The number of benzene rings is 2. The second-order valence-electron chi connectivity index (χ2n) is 7.60. The van der Waals surface area contributed by atoms with Gasteiger partial charge in [-0.1, -0.05) is 37.5 Å². The molecule has 0 spiro atoms. The first-order chi connectivity index (χ1) is 14.4. The molecule has 1 aromatic heterocycles. The van der Waals surface area contributed by atoms with Gasteiger partial charge in [-0.2, -0.15) is 4.31 Å². The van der Waals surface area contributed by atoms with Crippen molar-refractivity contribution in [3.63, 3.8) is 0 Å². The smallest absolute Gasteiger partial charge is 0.251 e. The number of para-hydroxylation sites is 1. The average molecular weight is 444 g/mol. The van der Waals surface area contributed by atoms with Crippen molar-refractivity contribution < 1.29 is 13.2 Å². The minimum absolute atomic E-state index is 0.0280. The van der Waals surface area contributed by atoms with Gasteiger partial charge in [-0.25, -0.2) is 13.4 Å². The van der Waals surface area contributed by atoms with Crippen LogP contribution in [0.2, 0.25) is 0 Å². The highest BCUT2D eigenvalue weighted by Gasteiger charge is 2.29. The lowest BCUT2D eigenvalue weighted by Crippen LogP contribution is -2.38. The van der Waals surface area contributed by atoms with E-state index in [1.54, 1.807) is 25.2 Å². The molecule has 1 amide bonds. The molecule has 1 fully saturated rings. The SMILES string of the molecule is CN(C1CCCCC1)S(=O)(=O)c1cccc(C(=O)NCc2nc3ccccc3s2)c1. The molecule has 0 bridgehead atoms. The molecular formula is C22H25N3O3S2. The Bertz CT molecular complexity index is 1120. The summed E-state index contributed by atoms with van der Waals surface area (Å²) in [6, 6.07) is 14.1. The van der Waals surface area contributed by atoms with E-state index in [-0.39, 0.29) is 16.8 Å². The van der Waals surface area contributed by atoms with E-state index in [1.165, 1.54) is 21.7 Å². The molecule has 1 aliphatic rings. The molecular weight excluding hydrogens is 418 g/mol.